The van der Waals surface area contributed by atoms with Gasteiger partial charge >= 0.3 is 5.97 Å². The molecule has 37 heavy (non-hydrogen) atoms. The van der Waals surface area contributed by atoms with Crippen molar-refractivity contribution in [2.45, 2.75) is 38.6 Å². The molecule has 1 aromatic heterocycles. The zero-order valence-electron chi connectivity index (χ0n) is 21.0. The summed E-state index contributed by atoms with van der Waals surface area (Å²) < 4.78 is 4.71. The van der Waals surface area contributed by atoms with Gasteiger partial charge in [0.25, 0.3) is 0 Å². The van der Waals surface area contributed by atoms with Gasteiger partial charge in [-0.3, -0.25) is 4.79 Å². The summed E-state index contributed by atoms with van der Waals surface area (Å²) in [5.74, 6) is -0.196. The van der Waals surface area contributed by atoms with E-state index < -0.39 is 5.97 Å². The number of hydrogen-bond donors (Lipinski definition) is 1. The summed E-state index contributed by atoms with van der Waals surface area (Å²) in [5, 5.41) is 0. The van der Waals surface area contributed by atoms with Gasteiger partial charge in [-0.25, -0.2) is 9.78 Å². The van der Waals surface area contributed by atoms with E-state index in [1.54, 1.807) is 12.4 Å². The molecule has 0 aliphatic heterocycles. The Hall–Kier alpha value is -4.19. The van der Waals surface area contributed by atoms with E-state index in [1.165, 1.54) is 19.6 Å². The highest BCUT2D eigenvalue weighted by atomic mass is 16.5. The lowest BCUT2D eigenvalue weighted by Gasteiger charge is -2.30. The molecular weight excluding hydrogens is 462 g/mol. The number of fused-ring (bicyclic) bond motifs is 1. The predicted octanol–water partition coefficient (Wildman–Crippen LogP) is 6.53. The van der Waals surface area contributed by atoms with Crippen LogP contribution in [-0.4, -0.2) is 29.0 Å². The first-order valence-corrected chi connectivity index (χ1v) is 12.8. The van der Waals surface area contributed by atoms with Gasteiger partial charge in [-0.05, 0) is 65.4 Å². The molecule has 4 aromatic rings. The quantitative estimate of drug-likeness (QED) is 0.235. The van der Waals surface area contributed by atoms with Crippen LogP contribution in [0.2, 0.25) is 0 Å². The smallest absolute Gasteiger partial charge is 0.330 e. The van der Waals surface area contributed by atoms with Gasteiger partial charge in [0.05, 0.1) is 31.0 Å². The van der Waals surface area contributed by atoms with E-state index >= 15 is 0 Å². The monoisotopic (exact) mass is 493 g/mol. The van der Waals surface area contributed by atoms with Crippen LogP contribution in [0.1, 0.15) is 43.2 Å². The van der Waals surface area contributed by atoms with E-state index in [9.17, 15) is 9.59 Å². The van der Waals surface area contributed by atoms with Crippen molar-refractivity contribution in [1.29, 1.82) is 0 Å². The van der Waals surface area contributed by atoms with Crippen LogP contribution in [-0.2, 0) is 20.9 Å². The summed E-state index contributed by atoms with van der Waals surface area (Å²) in [6.45, 7) is 0.485. The molecule has 0 bridgehead atoms. The molecular formula is C31H31N3O3. The molecule has 6 nitrogen and oxygen atoms in total. The molecule has 188 valence electrons. The van der Waals surface area contributed by atoms with Gasteiger partial charge in [-0.15, -0.1) is 0 Å². The fraction of sp³-hybridized carbons (Fsp3) is 0.258. The van der Waals surface area contributed by atoms with Crippen LogP contribution in [0.4, 0.5) is 5.69 Å². The number of esters is 1. The fourth-order valence-electron chi connectivity index (χ4n) is 5.00. The Morgan fingerprint density at radius 2 is 1.78 bits per heavy atom. The molecule has 0 spiro atoms. The molecule has 3 aromatic carbocycles. The maximum Gasteiger partial charge on any atom is 0.330 e. The Bertz CT molecular complexity index is 1420. The van der Waals surface area contributed by atoms with E-state index in [0.717, 1.165) is 64.7 Å². The fourth-order valence-corrected chi connectivity index (χ4v) is 5.00. The number of hydrogen-bond acceptors (Lipinski definition) is 4. The van der Waals surface area contributed by atoms with Crippen LogP contribution in [0.5, 0.6) is 0 Å². The number of methoxy groups -OCH3 is 1. The number of nitrogens with one attached hydrogen (secondary N) is 1. The lowest BCUT2D eigenvalue weighted by Crippen LogP contribution is -2.36. The minimum atomic E-state index is -0.410. The summed E-state index contributed by atoms with van der Waals surface area (Å²) in [5.41, 5.74) is 6.91. The number of anilines is 1. The van der Waals surface area contributed by atoms with Crippen molar-refractivity contribution in [2.75, 3.05) is 12.0 Å². The number of benzene rings is 3. The number of nitrogens with zero attached hydrogens (tertiary/aromatic N) is 2. The highest BCUT2D eigenvalue weighted by Gasteiger charge is 2.27. The summed E-state index contributed by atoms with van der Waals surface area (Å²) in [4.78, 5) is 34.7. The zero-order chi connectivity index (χ0) is 25.6. The van der Waals surface area contributed by atoms with Gasteiger partial charge in [-0.1, -0.05) is 61.7 Å². The third kappa shape index (κ3) is 5.80. The first kappa shape index (κ1) is 24.5. The van der Waals surface area contributed by atoms with E-state index in [2.05, 4.69) is 46.4 Å². The topological polar surface area (TPSA) is 75.3 Å². The van der Waals surface area contributed by atoms with E-state index in [-0.39, 0.29) is 11.8 Å². The lowest BCUT2D eigenvalue weighted by molar-refractivity contribution is -0.134. The van der Waals surface area contributed by atoms with Crippen LogP contribution in [0.15, 0.2) is 79.1 Å². The Morgan fingerprint density at radius 3 is 2.57 bits per heavy atom. The predicted molar refractivity (Wildman–Crippen MR) is 147 cm³/mol. The highest BCUT2D eigenvalue weighted by molar-refractivity contribution is 5.95. The largest absolute Gasteiger partial charge is 0.466 e. The Labute approximate surface area is 217 Å². The summed E-state index contributed by atoms with van der Waals surface area (Å²) in [6.07, 6.45) is 10.1. The number of aromatic nitrogens is 2. The molecule has 5 rings (SSSR count). The van der Waals surface area contributed by atoms with Gasteiger partial charge in [-0.2, -0.15) is 0 Å². The van der Waals surface area contributed by atoms with Gasteiger partial charge in [0.1, 0.15) is 0 Å². The summed E-state index contributed by atoms with van der Waals surface area (Å²) in [7, 11) is 1.36. The van der Waals surface area contributed by atoms with Crippen molar-refractivity contribution < 1.29 is 14.3 Å². The highest BCUT2D eigenvalue weighted by Crippen LogP contribution is 2.30. The number of carbonyl (C=O) groups excluding carboxylic acids is 2. The minimum Gasteiger partial charge on any atom is -0.466 e. The van der Waals surface area contributed by atoms with Gasteiger partial charge in [0, 0.05) is 17.7 Å². The molecule has 0 atom stereocenters. The van der Waals surface area contributed by atoms with Crippen LogP contribution in [0.25, 0.3) is 28.2 Å². The molecule has 0 unspecified atom stereocenters. The van der Waals surface area contributed by atoms with Gasteiger partial charge < -0.3 is 14.6 Å². The van der Waals surface area contributed by atoms with Crippen LogP contribution >= 0.6 is 0 Å². The number of imidazole rings is 1. The Balaban J connectivity index is 1.41. The molecule has 0 radical (unpaired) electrons. The number of aromatic amines is 1. The normalized spacial score (nSPS) is 14.2. The van der Waals surface area contributed by atoms with Gasteiger partial charge in [0.2, 0.25) is 5.91 Å². The number of rotatable bonds is 7. The Kier molecular flexibility index (Phi) is 7.45. The van der Waals surface area contributed by atoms with Crippen LogP contribution < -0.4 is 4.90 Å². The lowest BCUT2D eigenvalue weighted by atomic mass is 9.88. The molecule has 1 heterocycles. The second kappa shape index (κ2) is 11.2. The summed E-state index contributed by atoms with van der Waals surface area (Å²) >= 11 is 0. The first-order chi connectivity index (χ1) is 18.1. The molecule has 1 aliphatic rings. The van der Waals surface area contributed by atoms with Crippen molar-refractivity contribution >= 4 is 34.7 Å². The van der Waals surface area contributed by atoms with E-state index in [4.69, 9.17) is 4.74 Å². The van der Waals surface area contributed by atoms with Crippen molar-refractivity contribution in [3.8, 4) is 11.1 Å². The molecule has 1 saturated carbocycles. The van der Waals surface area contributed by atoms with Crippen LogP contribution in [0, 0.1) is 5.92 Å². The number of H-pyrrole nitrogens is 1. The SMILES string of the molecule is COC(=O)/C=C/c1cccc(N(Cc2ccc(-c3ccc4nc[nH]c4c3)cc2)C(=O)C2CCCCC2)c1. The zero-order valence-corrected chi connectivity index (χ0v) is 21.0. The molecule has 1 amide bonds. The standard InChI is InChI=1S/C31H31N3O3/c1-37-30(35)17-12-22-6-5-9-27(18-22)34(31(36)25-7-3-2-4-8-25)20-23-10-13-24(14-11-23)26-15-16-28-29(19-26)33-21-32-28/h5-6,9-19,21,25H,2-4,7-8,20H2,1H3,(H,32,33)/b17-12+. The molecule has 1 fully saturated rings. The van der Waals surface area contributed by atoms with Crippen molar-refractivity contribution in [1.82, 2.24) is 9.97 Å². The Morgan fingerprint density at radius 1 is 1.00 bits per heavy atom. The maximum atomic E-state index is 13.7. The minimum absolute atomic E-state index is 0.0448. The molecule has 0 saturated heterocycles. The third-order valence-corrected chi connectivity index (χ3v) is 7.06. The second-order valence-electron chi connectivity index (χ2n) is 9.54. The maximum absolute atomic E-state index is 13.7. The third-order valence-electron chi connectivity index (χ3n) is 7.06. The van der Waals surface area contributed by atoms with E-state index in [0.29, 0.717) is 6.54 Å². The number of ether oxygens (including phenoxy) is 1. The number of carbonyl (C=O) groups is 2. The first-order valence-electron chi connectivity index (χ1n) is 12.8. The van der Waals surface area contributed by atoms with Crippen LogP contribution in [0.3, 0.4) is 0 Å². The number of amides is 1. The van der Waals surface area contributed by atoms with Gasteiger partial charge in [0.15, 0.2) is 0 Å². The molecule has 6 heteroatoms. The second-order valence-corrected chi connectivity index (χ2v) is 9.54. The average Bonchev–Trinajstić information content (AvgIpc) is 3.43. The van der Waals surface area contributed by atoms with E-state index in [1.807, 2.05) is 35.2 Å². The van der Waals surface area contributed by atoms with Crippen molar-refractivity contribution in [3.05, 3.63) is 90.3 Å². The van der Waals surface area contributed by atoms with Crippen molar-refractivity contribution in [2.24, 2.45) is 5.92 Å². The summed E-state index contributed by atoms with van der Waals surface area (Å²) in [6, 6.07) is 22.3. The molecule has 1 N–H and O–H groups in total. The van der Waals surface area contributed by atoms with Crippen molar-refractivity contribution in [3.63, 3.8) is 0 Å². The average molecular weight is 494 g/mol. The molecule has 1 aliphatic carbocycles.